The summed E-state index contributed by atoms with van der Waals surface area (Å²) in [5, 5.41) is 20.9. The van der Waals surface area contributed by atoms with Gasteiger partial charge in [0.05, 0.1) is 12.6 Å². The molecule has 2 heterocycles. The number of piperidine rings is 1. The Morgan fingerprint density at radius 1 is 1.23 bits per heavy atom. The lowest BCUT2D eigenvalue weighted by atomic mass is 9.88. The normalized spacial score (nSPS) is 18.5. The molecule has 0 aliphatic carbocycles. The molecule has 1 atom stereocenters. The first-order valence-electron chi connectivity index (χ1n) is 7.94. The highest BCUT2D eigenvalue weighted by molar-refractivity contribution is 7.11. The molecular weight excluding hydrogens is 294 g/mol. The molecule has 4 nitrogen and oxygen atoms in total. The maximum Gasteiger partial charge on any atom is 0.131 e. The lowest BCUT2D eigenvalue weighted by molar-refractivity contribution is 0.0575. The topological polar surface area (TPSA) is 49.2 Å². The second kappa shape index (κ2) is 7.31. The molecule has 0 radical (unpaired) electrons. The van der Waals surface area contributed by atoms with Crippen molar-refractivity contribution < 1.29 is 5.11 Å². The summed E-state index contributed by atoms with van der Waals surface area (Å²) in [6.45, 7) is 4.96. The highest BCUT2D eigenvalue weighted by atomic mass is 32.1. The molecule has 22 heavy (non-hydrogen) atoms. The van der Waals surface area contributed by atoms with Crippen molar-refractivity contribution in [3.05, 3.63) is 45.9 Å². The molecule has 1 fully saturated rings. The van der Waals surface area contributed by atoms with E-state index in [4.69, 9.17) is 0 Å². The van der Waals surface area contributed by atoms with Crippen molar-refractivity contribution >= 4 is 11.3 Å². The van der Waals surface area contributed by atoms with Crippen LogP contribution in [0.25, 0.3) is 0 Å². The van der Waals surface area contributed by atoms with Gasteiger partial charge in [-0.1, -0.05) is 30.3 Å². The second-order valence-electron chi connectivity index (χ2n) is 6.09. The van der Waals surface area contributed by atoms with Crippen LogP contribution < -0.4 is 0 Å². The predicted molar refractivity (Wildman–Crippen MR) is 88.8 cm³/mol. The van der Waals surface area contributed by atoms with Crippen molar-refractivity contribution in [2.75, 3.05) is 13.1 Å². The van der Waals surface area contributed by atoms with Crippen LogP contribution in [0, 0.1) is 12.8 Å². The van der Waals surface area contributed by atoms with Crippen LogP contribution in [0.2, 0.25) is 0 Å². The zero-order valence-electron chi connectivity index (χ0n) is 13.0. The molecule has 2 aromatic rings. The Kier molecular flexibility index (Phi) is 5.18. The van der Waals surface area contributed by atoms with E-state index in [1.54, 1.807) is 11.3 Å². The molecule has 1 aliphatic rings. The number of hydrogen-bond acceptors (Lipinski definition) is 5. The Labute approximate surface area is 135 Å². The summed E-state index contributed by atoms with van der Waals surface area (Å²) in [7, 11) is 0. The van der Waals surface area contributed by atoms with Gasteiger partial charge in [0, 0.05) is 0 Å². The van der Waals surface area contributed by atoms with E-state index in [-0.39, 0.29) is 6.10 Å². The molecule has 0 saturated carbocycles. The van der Waals surface area contributed by atoms with Crippen molar-refractivity contribution in [1.82, 2.24) is 15.1 Å². The Morgan fingerprint density at radius 2 is 1.95 bits per heavy atom. The van der Waals surface area contributed by atoms with E-state index < -0.39 is 0 Å². The molecule has 0 spiro atoms. The van der Waals surface area contributed by atoms with Crippen molar-refractivity contribution in [1.29, 1.82) is 0 Å². The summed E-state index contributed by atoms with van der Waals surface area (Å²) in [6.07, 6.45) is 2.66. The van der Waals surface area contributed by atoms with E-state index in [9.17, 15) is 5.11 Å². The van der Waals surface area contributed by atoms with Crippen molar-refractivity contribution in [3.8, 4) is 0 Å². The summed E-state index contributed by atoms with van der Waals surface area (Å²) in [4.78, 5) is 2.42. The molecule has 1 aliphatic heterocycles. The van der Waals surface area contributed by atoms with Gasteiger partial charge in [-0.05, 0) is 50.8 Å². The lowest BCUT2D eigenvalue weighted by Crippen LogP contribution is -2.38. The van der Waals surface area contributed by atoms with E-state index in [2.05, 4.69) is 27.2 Å². The Hall–Kier alpha value is -1.30. The summed E-state index contributed by atoms with van der Waals surface area (Å²) < 4.78 is 0. The molecule has 1 aromatic carbocycles. The minimum Gasteiger partial charge on any atom is -0.392 e. The van der Waals surface area contributed by atoms with E-state index in [0.717, 1.165) is 48.9 Å². The quantitative estimate of drug-likeness (QED) is 0.921. The second-order valence-corrected chi connectivity index (χ2v) is 7.35. The summed E-state index contributed by atoms with van der Waals surface area (Å²) >= 11 is 1.68. The van der Waals surface area contributed by atoms with Crippen molar-refractivity contribution in [3.63, 3.8) is 0 Å². The monoisotopic (exact) mass is 317 g/mol. The van der Waals surface area contributed by atoms with Gasteiger partial charge in [0.25, 0.3) is 0 Å². The molecule has 5 heteroatoms. The van der Waals surface area contributed by atoms with Gasteiger partial charge in [0.15, 0.2) is 0 Å². The molecule has 0 amide bonds. The fourth-order valence-electron chi connectivity index (χ4n) is 3.11. The van der Waals surface area contributed by atoms with E-state index in [1.807, 2.05) is 25.1 Å². The Morgan fingerprint density at radius 3 is 2.59 bits per heavy atom. The first-order chi connectivity index (χ1) is 10.7. The Bertz CT molecular complexity index is 579. The third-order valence-electron chi connectivity index (χ3n) is 4.39. The number of nitrogens with zero attached hydrogens (tertiary/aromatic N) is 3. The van der Waals surface area contributed by atoms with Crippen LogP contribution in [0.4, 0.5) is 0 Å². The fourth-order valence-corrected chi connectivity index (χ4v) is 3.86. The lowest BCUT2D eigenvalue weighted by Gasteiger charge is -2.33. The van der Waals surface area contributed by atoms with Gasteiger partial charge in [-0.2, -0.15) is 0 Å². The number of aliphatic hydroxyl groups is 1. The van der Waals surface area contributed by atoms with Gasteiger partial charge in [-0.15, -0.1) is 21.5 Å². The number of hydrogen-bond donors (Lipinski definition) is 1. The zero-order chi connectivity index (χ0) is 15.4. The van der Waals surface area contributed by atoms with Crippen LogP contribution in [-0.2, 0) is 13.0 Å². The average molecular weight is 317 g/mol. The number of aliphatic hydroxyl groups excluding tert-OH is 1. The number of aromatic nitrogens is 2. The van der Waals surface area contributed by atoms with E-state index in [1.165, 1.54) is 5.56 Å². The van der Waals surface area contributed by atoms with Crippen LogP contribution in [-0.4, -0.2) is 39.4 Å². The minimum atomic E-state index is -0.228. The van der Waals surface area contributed by atoms with Gasteiger partial charge < -0.3 is 5.11 Å². The molecule has 1 saturated heterocycles. The van der Waals surface area contributed by atoms with E-state index in [0.29, 0.717) is 5.92 Å². The minimum absolute atomic E-state index is 0.228. The molecule has 0 unspecified atom stereocenters. The van der Waals surface area contributed by atoms with Gasteiger partial charge in [-0.3, -0.25) is 4.90 Å². The highest BCUT2D eigenvalue weighted by Gasteiger charge is 2.25. The number of benzene rings is 1. The van der Waals surface area contributed by atoms with Crippen molar-refractivity contribution in [2.45, 2.75) is 38.8 Å². The van der Waals surface area contributed by atoms with Crippen molar-refractivity contribution in [2.24, 2.45) is 5.92 Å². The maximum atomic E-state index is 10.5. The SMILES string of the molecule is Cc1nnc(CN2CCC([C@H](O)Cc3ccccc3)CC2)s1. The smallest absolute Gasteiger partial charge is 0.131 e. The third kappa shape index (κ3) is 4.12. The van der Waals surface area contributed by atoms with Crippen LogP contribution >= 0.6 is 11.3 Å². The first kappa shape index (κ1) is 15.6. The fraction of sp³-hybridized carbons (Fsp3) is 0.529. The summed E-state index contributed by atoms with van der Waals surface area (Å²) in [5.41, 5.74) is 1.22. The number of likely N-dealkylation sites (tertiary alicyclic amines) is 1. The van der Waals surface area contributed by atoms with Gasteiger partial charge >= 0.3 is 0 Å². The van der Waals surface area contributed by atoms with E-state index >= 15 is 0 Å². The molecule has 1 N–H and O–H groups in total. The zero-order valence-corrected chi connectivity index (χ0v) is 13.8. The van der Waals surface area contributed by atoms with Crippen LogP contribution in [0.1, 0.15) is 28.4 Å². The standard InChI is InChI=1S/C17H23N3OS/c1-13-18-19-17(22-13)12-20-9-7-15(8-10-20)16(21)11-14-5-3-2-4-6-14/h2-6,15-16,21H,7-12H2,1H3/t16-/m1/s1. The largest absolute Gasteiger partial charge is 0.392 e. The first-order valence-corrected chi connectivity index (χ1v) is 8.75. The van der Waals surface area contributed by atoms with Gasteiger partial charge in [-0.25, -0.2) is 0 Å². The molecular formula is C17H23N3OS. The molecule has 3 rings (SSSR count). The van der Waals surface area contributed by atoms with Gasteiger partial charge in [0.2, 0.25) is 0 Å². The molecule has 118 valence electrons. The predicted octanol–water partition coefficient (Wildman–Crippen LogP) is 2.66. The highest BCUT2D eigenvalue weighted by Crippen LogP contribution is 2.24. The summed E-state index contributed by atoms with van der Waals surface area (Å²) in [6, 6.07) is 10.3. The Balaban J connectivity index is 1.46. The number of aryl methyl sites for hydroxylation is 1. The summed E-state index contributed by atoms with van der Waals surface area (Å²) in [5.74, 6) is 0.410. The van der Waals surface area contributed by atoms with Crippen LogP contribution in [0.3, 0.4) is 0 Å². The van der Waals surface area contributed by atoms with Crippen LogP contribution in [0.5, 0.6) is 0 Å². The molecule has 1 aromatic heterocycles. The number of rotatable bonds is 5. The average Bonchev–Trinajstić information content (AvgIpc) is 2.94. The molecule has 0 bridgehead atoms. The van der Waals surface area contributed by atoms with Gasteiger partial charge in [0.1, 0.15) is 10.0 Å². The third-order valence-corrected chi connectivity index (χ3v) is 5.21. The van der Waals surface area contributed by atoms with Crippen LogP contribution in [0.15, 0.2) is 30.3 Å². The maximum absolute atomic E-state index is 10.5.